The van der Waals surface area contributed by atoms with E-state index in [1.54, 1.807) is 0 Å². The van der Waals surface area contributed by atoms with E-state index < -0.39 is 0 Å². The van der Waals surface area contributed by atoms with Crippen LogP contribution in [0.2, 0.25) is 0 Å². The van der Waals surface area contributed by atoms with Gasteiger partial charge in [-0.2, -0.15) is 0 Å². The SMILES string of the molecule is Cc1nc(N2CCC(N)C2)nc2ccccc12. The van der Waals surface area contributed by atoms with Gasteiger partial charge >= 0.3 is 0 Å². The van der Waals surface area contributed by atoms with E-state index in [2.05, 4.69) is 20.9 Å². The summed E-state index contributed by atoms with van der Waals surface area (Å²) in [5, 5.41) is 1.12. The van der Waals surface area contributed by atoms with Crippen LogP contribution in [0.5, 0.6) is 0 Å². The van der Waals surface area contributed by atoms with Gasteiger partial charge in [0, 0.05) is 24.5 Å². The van der Waals surface area contributed by atoms with E-state index in [0.29, 0.717) is 0 Å². The van der Waals surface area contributed by atoms with Crippen LogP contribution < -0.4 is 10.6 Å². The normalized spacial score (nSPS) is 20.1. The lowest BCUT2D eigenvalue weighted by Gasteiger charge is -2.16. The van der Waals surface area contributed by atoms with Crippen molar-refractivity contribution in [3.8, 4) is 0 Å². The summed E-state index contributed by atoms with van der Waals surface area (Å²) >= 11 is 0. The number of para-hydroxylation sites is 1. The molecular weight excluding hydrogens is 212 g/mol. The highest BCUT2D eigenvalue weighted by atomic mass is 15.3. The third-order valence-electron chi connectivity index (χ3n) is 3.29. The van der Waals surface area contributed by atoms with Crippen LogP contribution in [0.1, 0.15) is 12.1 Å². The van der Waals surface area contributed by atoms with Crippen LogP contribution in [0.4, 0.5) is 5.95 Å². The predicted octanol–water partition coefficient (Wildman–Crippen LogP) is 1.48. The average Bonchev–Trinajstić information content (AvgIpc) is 2.76. The van der Waals surface area contributed by atoms with Crippen molar-refractivity contribution in [2.24, 2.45) is 5.73 Å². The van der Waals surface area contributed by atoms with Crippen molar-refractivity contribution < 1.29 is 0 Å². The van der Waals surface area contributed by atoms with E-state index in [0.717, 1.165) is 42.1 Å². The van der Waals surface area contributed by atoms with E-state index in [9.17, 15) is 0 Å². The molecule has 4 nitrogen and oxygen atoms in total. The number of hydrogen-bond donors (Lipinski definition) is 1. The van der Waals surface area contributed by atoms with Gasteiger partial charge in [0.2, 0.25) is 5.95 Å². The Hall–Kier alpha value is -1.68. The highest BCUT2D eigenvalue weighted by Crippen LogP contribution is 2.21. The van der Waals surface area contributed by atoms with Crippen LogP contribution >= 0.6 is 0 Å². The van der Waals surface area contributed by atoms with Gasteiger partial charge in [0.15, 0.2) is 0 Å². The van der Waals surface area contributed by atoms with Crippen molar-refractivity contribution >= 4 is 16.9 Å². The Labute approximate surface area is 100 Å². The lowest BCUT2D eigenvalue weighted by molar-refractivity contribution is 0.750. The fraction of sp³-hybridized carbons (Fsp3) is 0.385. The molecular formula is C13H16N4. The Balaban J connectivity index is 2.06. The van der Waals surface area contributed by atoms with Crippen LogP contribution in [-0.4, -0.2) is 29.1 Å². The standard InChI is InChI=1S/C13H16N4/c1-9-11-4-2-3-5-12(11)16-13(15-9)17-7-6-10(14)8-17/h2-5,10H,6-8,14H2,1H3. The zero-order valence-corrected chi connectivity index (χ0v) is 9.93. The molecule has 1 atom stereocenters. The molecule has 2 aromatic rings. The van der Waals surface area contributed by atoms with E-state index in [4.69, 9.17) is 5.73 Å². The number of aromatic nitrogens is 2. The smallest absolute Gasteiger partial charge is 0.226 e. The zero-order valence-electron chi connectivity index (χ0n) is 9.93. The molecule has 1 aromatic carbocycles. The summed E-state index contributed by atoms with van der Waals surface area (Å²) in [5.74, 6) is 0.814. The maximum atomic E-state index is 5.92. The second-order valence-corrected chi connectivity index (χ2v) is 4.62. The molecule has 1 aliphatic rings. The zero-order chi connectivity index (χ0) is 11.8. The molecule has 1 fully saturated rings. The van der Waals surface area contributed by atoms with Gasteiger partial charge in [-0.05, 0) is 19.4 Å². The number of benzene rings is 1. The van der Waals surface area contributed by atoms with E-state index >= 15 is 0 Å². The number of nitrogens with zero attached hydrogens (tertiary/aromatic N) is 3. The molecule has 3 rings (SSSR count). The molecule has 17 heavy (non-hydrogen) atoms. The van der Waals surface area contributed by atoms with Crippen LogP contribution in [-0.2, 0) is 0 Å². The number of fused-ring (bicyclic) bond motifs is 1. The molecule has 1 unspecified atom stereocenters. The first-order chi connectivity index (χ1) is 8.24. The summed E-state index contributed by atoms with van der Waals surface area (Å²) in [4.78, 5) is 11.4. The second-order valence-electron chi connectivity index (χ2n) is 4.62. The van der Waals surface area contributed by atoms with Gasteiger partial charge in [0.25, 0.3) is 0 Å². The Kier molecular flexibility index (Phi) is 2.44. The molecule has 2 heterocycles. The van der Waals surface area contributed by atoms with Gasteiger partial charge in [-0.1, -0.05) is 18.2 Å². The number of rotatable bonds is 1. The van der Waals surface area contributed by atoms with Gasteiger partial charge in [-0.25, -0.2) is 9.97 Å². The topological polar surface area (TPSA) is 55.0 Å². The van der Waals surface area contributed by atoms with Crippen molar-refractivity contribution in [1.82, 2.24) is 9.97 Å². The fourth-order valence-corrected chi connectivity index (χ4v) is 2.33. The van der Waals surface area contributed by atoms with Crippen LogP contribution in [0.25, 0.3) is 10.9 Å². The summed E-state index contributed by atoms with van der Waals surface area (Å²) in [6, 6.07) is 8.37. The minimum Gasteiger partial charge on any atom is -0.339 e. The molecule has 1 aliphatic heterocycles. The maximum absolute atomic E-state index is 5.92. The fourth-order valence-electron chi connectivity index (χ4n) is 2.33. The first kappa shape index (κ1) is 10.5. The summed E-state index contributed by atoms with van der Waals surface area (Å²) < 4.78 is 0. The van der Waals surface area contributed by atoms with Gasteiger partial charge in [-0.15, -0.1) is 0 Å². The first-order valence-corrected chi connectivity index (χ1v) is 5.98. The Morgan fingerprint density at radius 3 is 2.88 bits per heavy atom. The highest BCUT2D eigenvalue weighted by molar-refractivity contribution is 5.81. The van der Waals surface area contributed by atoms with Crippen LogP contribution in [0.15, 0.2) is 24.3 Å². The number of hydrogen-bond acceptors (Lipinski definition) is 4. The van der Waals surface area contributed by atoms with Crippen molar-refractivity contribution in [2.45, 2.75) is 19.4 Å². The molecule has 0 radical (unpaired) electrons. The van der Waals surface area contributed by atoms with Gasteiger partial charge in [-0.3, -0.25) is 0 Å². The third-order valence-corrected chi connectivity index (χ3v) is 3.29. The summed E-state index contributed by atoms with van der Waals surface area (Å²) in [7, 11) is 0. The van der Waals surface area contributed by atoms with Crippen molar-refractivity contribution in [1.29, 1.82) is 0 Å². The number of anilines is 1. The van der Waals surface area contributed by atoms with E-state index in [-0.39, 0.29) is 6.04 Å². The van der Waals surface area contributed by atoms with Crippen molar-refractivity contribution in [3.63, 3.8) is 0 Å². The molecule has 4 heteroatoms. The first-order valence-electron chi connectivity index (χ1n) is 5.98. The van der Waals surface area contributed by atoms with E-state index in [1.807, 2.05) is 25.1 Å². The van der Waals surface area contributed by atoms with Gasteiger partial charge in [0.05, 0.1) is 11.2 Å². The number of aryl methyl sites for hydroxylation is 1. The minimum absolute atomic E-state index is 0.255. The molecule has 2 N–H and O–H groups in total. The molecule has 0 spiro atoms. The molecule has 1 saturated heterocycles. The molecule has 0 aliphatic carbocycles. The average molecular weight is 228 g/mol. The van der Waals surface area contributed by atoms with Crippen molar-refractivity contribution in [3.05, 3.63) is 30.0 Å². The van der Waals surface area contributed by atoms with E-state index in [1.165, 1.54) is 0 Å². The highest BCUT2D eigenvalue weighted by Gasteiger charge is 2.21. The monoisotopic (exact) mass is 228 g/mol. The Morgan fingerprint density at radius 1 is 1.29 bits per heavy atom. The van der Waals surface area contributed by atoms with Gasteiger partial charge < -0.3 is 10.6 Å². The summed E-state index contributed by atoms with van der Waals surface area (Å²) in [5.41, 5.74) is 7.96. The number of nitrogens with two attached hydrogens (primary N) is 1. The van der Waals surface area contributed by atoms with Crippen molar-refractivity contribution in [2.75, 3.05) is 18.0 Å². The summed E-state index contributed by atoms with van der Waals surface area (Å²) in [6.45, 7) is 3.85. The predicted molar refractivity (Wildman–Crippen MR) is 69.1 cm³/mol. The lowest BCUT2D eigenvalue weighted by atomic mass is 10.2. The Morgan fingerprint density at radius 2 is 2.12 bits per heavy atom. The van der Waals surface area contributed by atoms with Gasteiger partial charge in [0.1, 0.15) is 0 Å². The minimum atomic E-state index is 0.255. The molecule has 0 amide bonds. The largest absolute Gasteiger partial charge is 0.339 e. The maximum Gasteiger partial charge on any atom is 0.226 e. The Bertz CT molecular complexity index is 552. The van der Waals surface area contributed by atoms with Crippen LogP contribution in [0, 0.1) is 6.92 Å². The van der Waals surface area contributed by atoms with Crippen LogP contribution in [0.3, 0.4) is 0 Å². The molecule has 1 aromatic heterocycles. The molecule has 0 saturated carbocycles. The summed E-state index contributed by atoms with van der Waals surface area (Å²) in [6.07, 6.45) is 1.02. The lowest BCUT2D eigenvalue weighted by Crippen LogP contribution is -2.27. The third kappa shape index (κ3) is 1.85. The quantitative estimate of drug-likeness (QED) is 0.803. The molecule has 0 bridgehead atoms. The molecule has 88 valence electrons. The second kappa shape index (κ2) is 3.96.